The molecule has 0 radical (unpaired) electrons. The summed E-state index contributed by atoms with van der Waals surface area (Å²) in [6.45, 7) is 8.35. The molecule has 22 heavy (non-hydrogen) atoms. The summed E-state index contributed by atoms with van der Waals surface area (Å²) in [4.78, 5) is 7.08. The van der Waals surface area contributed by atoms with Crippen LogP contribution in [0.5, 0.6) is 0 Å². The van der Waals surface area contributed by atoms with E-state index in [1.807, 2.05) is 0 Å². The van der Waals surface area contributed by atoms with Crippen LogP contribution in [0.1, 0.15) is 25.8 Å². The van der Waals surface area contributed by atoms with Crippen molar-refractivity contribution in [3.8, 4) is 11.3 Å². The van der Waals surface area contributed by atoms with Gasteiger partial charge in [-0.15, -0.1) is 11.3 Å². The highest BCUT2D eigenvalue weighted by Crippen LogP contribution is 2.30. The molecular weight excluding hydrogens is 312 g/mol. The van der Waals surface area contributed by atoms with Gasteiger partial charge in [0.1, 0.15) is 0 Å². The van der Waals surface area contributed by atoms with Crippen molar-refractivity contribution in [3.05, 3.63) is 34.7 Å². The van der Waals surface area contributed by atoms with E-state index in [2.05, 4.69) is 55.3 Å². The predicted octanol–water partition coefficient (Wildman–Crippen LogP) is 3.68. The van der Waals surface area contributed by atoms with Gasteiger partial charge in [0.2, 0.25) is 0 Å². The lowest BCUT2D eigenvalue weighted by molar-refractivity contribution is 0.586. The molecule has 0 aliphatic carbocycles. The number of anilines is 1. The molecule has 3 rings (SSSR count). The largest absolute Gasteiger partial charge is 0.370 e. The van der Waals surface area contributed by atoms with Gasteiger partial charge >= 0.3 is 0 Å². The van der Waals surface area contributed by atoms with Gasteiger partial charge in [-0.25, -0.2) is 4.98 Å². The van der Waals surface area contributed by atoms with Crippen molar-refractivity contribution in [2.24, 2.45) is 0 Å². The molecule has 118 valence electrons. The van der Waals surface area contributed by atoms with Gasteiger partial charge in [-0.2, -0.15) is 0 Å². The minimum atomic E-state index is -0.625. The van der Waals surface area contributed by atoms with Crippen molar-refractivity contribution in [2.75, 3.05) is 29.5 Å². The first-order valence-electron chi connectivity index (χ1n) is 7.60. The zero-order valence-electron chi connectivity index (χ0n) is 13.3. The molecule has 1 aromatic heterocycles. The van der Waals surface area contributed by atoms with Crippen molar-refractivity contribution in [3.63, 3.8) is 0 Å². The average molecular weight is 335 g/mol. The Hall–Kier alpha value is -1.20. The molecule has 0 N–H and O–H groups in total. The number of nitrogens with zero attached hydrogens (tertiary/aromatic N) is 2. The van der Waals surface area contributed by atoms with E-state index < -0.39 is 10.8 Å². The molecule has 0 saturated carbocycles. The molecule has 0 unspecified atom stereocenters. The van der Waals surface area contributed by atoms with E-state index in [0.29, 0.717) is 0 Å². The van der Waals surface area contributed by atoms with Crippen LogP contribution in [0.4, 0.5) is 5.69 Å². The summed E-state index contributed by atoms with van der Waals surface area (Å²) < 4.78 is 11.4. The molecule has 0 spiro atoms. The van der Waals surface area contributed by atoms with Crippen LogP contribution >= 0.6 is 11.3 Å². The zero-order chi connectivity index (χ0) is 15.7. The lowest BCUT2D eigenvalue weighted by atomic mass is 9.98. The number of hydrogen-bond donors (Lipinski definition) is 0. The highest BCUT2D eigenvalue weighted by molar-refractivity contribution is 7.85. The number of rotatable bonds is 2. The predicted molar refractivity (Wildman–Crippen MR) is 96.3 cm³/mol. The summed E-state index contributed by atoms with van der Waals surface area (Å²) in [7, 11) is -0.625. The molecule has 1 aromatic carbocycles. The number of aromatic nitrogens is 1. The Bertz CT molecular complexity index is 661. The normalized spacial score (nSPS) is 17.0. The molecule has 0 amide bonds. The molecular formula is C17H22N2OS2. The minimum absolute atomic E-state index is 0.103. The van der Waals surface area contributed by atoms with Crippen LogP contribution in [0.3, 0.4) is 0 Å². The van der Waals surface area contributed by atoms with Gasteiger partial charge in [0.05, 0.1) is 10.7 Å². The Morgan fingerprint density at radius 1 is 1.14 bits per heavy atom. The Labute approximate surface area is 138 Å². The van der Waals surface area contributed by atoms with E-state index in [1.54, 1.807) is 11.3 Å². The molecule has 1 aliphatic rings. The van der Waals surface area contributed by atoms with Crippen molar-refractivity contribution >= 4 is 27.8 Å². The second kappa shape index (κ2) is 6.13. The fraction of sp³-hybridized carbons (Fsp3) is 0.471. The Balaban J connectivity index is 1.77. The lowest BCUT2D eigenvalue weighted by Gasteiger charge is -2.28. The van der Waals surface area contributed by atoms with Crippen molar-refractivity contribution < 1.29 is 4.21 Å². The topological polar surface area (TPSA) is 33.2 Å². The molecule has 2 heterocycles. The smallest absolute Gasteiger partial charge is 0.0986 e. The quantitative estimate of drug-likeness (QED) is 0.840. The first-order valence-corrected chi connectivity index (χ1v) is 9.96. The summed E-state index contributed by atoms with van der Waals surface area (Å²) in [5.41, 5.74) is 3.54. The Morgan fingerprint density at radius 2 is 1.77 bits per heavy atom. The zero-order valence-corrected chi connectivity index (χ0v) is 15.0. The lowest BCUT2D eigenvalue weighted by Crippen LogP contribution is -2.37. The van der Waals surface area contributed by atoms with Gasteiger partial charge in [0, 0.05) is 57.4 Å². The highest BCUT2D eigenvalue weighted by Gasteiger charge is 2.19. The van der Waals surface area contributed by atoms with Gasteiger partial charge in [0.15, 0.2) is 0 Å². The minimum Gasteiger partial charge on any atom is -0.370 e. The second-order valence-electron chi connectivity index (χ2n) is 6.67. The molecule has 1 saturated heterocycles. The maximum Gasteiger partial charge on any atom is 0.0986 e. The molecule has 1 aliphatic heterocycles. The third-order valence-corrected chi connectivity index (χ3v) is 6.40. The van der Waals surface area contributed by atoms with Crippen LogP contribution in [0.15, 0.2) is 29.6 Å². The van der Waals surface area contributed by atoms with Crippen LogP contribution in [-0.4, -0.2) is 33.8 Å². The van der Waals surface area contributed by atoms with Crippen molar-refractivity contribution in [2.45, 2.75) is 26.2 Å². The molecule has 3 nitrogen and oxygen atoms in total. The van der Waals surface area contributed by atoms with Gasteiger partial charge in [0.25, 0.3) is 0 Å². The Morgan fingerprint density at radius 3 is 2.32 bits per heavy atom. The van der Waals surface area contributed by atoms with Crippen molar-refractivity contribution in [1.29, 1.82) is 0 Å². The monoisotopic (exact) mass is 334 g/mol. The summed E-state index contributed by atoms with van der Waals surface area (Å²) >= 11 is 1.73. The van der Waals surface area contributed by atoms with Gasteiger partial charge < -0.3 is 4.90 Å². The Kier molecular flexibility index (Phi) is 4.37. The maximum atomic E-state index is 11.4. The summed E-state index contributed by atoms with van der Waals surface area (Å²) in [6, 6.07) is 8.59. The summed E-state index contributed by atoms with van der Waals surface area (Å²) in [5, 5.41) is 3.31. The first-order chi connectivity index (χ1) is 10.4. The first kappa shape index (κ1) is 15.7. The fourth-order valence-electron chi connectivity index (χ4n) is 2.49. The van der Waals surface area contributed by atoms with Gasteiger partial charge in [-0.3, -0.25) is 4.21 Å². The summed E-state index contributed by atoms with van der Waals surface area (Å²) in [6.07, 6.45) is 0. The fourth-order valence-corrected chi connectivity index (χ4v) is 4.46. The molecule has 5 heteroatoms. The van der Waals surface area contributed by atoms with Crippen molar-refractivity contribution in [1.82, 2.24) is 4.98 Å². The number of thiazole rings is 1. The van der Waals surface area contributed by atoms with Crippen LogP contribution < -0.4 is 4.90 Å². The molecule has 2 aromatic rings. The van der Waals surface area contributed by atoms with E-state index in [-0.39, 0.29) is 5.41 Å². The van der Waals surface area contributed by atoms with Crippen LogP contribution in [0.2, 0.25) is 0 Å². The SMILES string of the molecule is CC(C)(C)c1nc(-c2ccc(N3CCS(=O)CC3)cc2)cs1. The highest BCUT2D eigenvalue weighted by atomic mass is 32.2. The third-order valence-electron chi connectivity index (χ3n) is 3.85. The number of hydrogen-bond acceptors (Lipinski definition) is 4. The molecule has 0 bridgehead atoms. The van der Waals surface area contributed by atoms with Crippen LogP contribution in [-0.2, 0) is 16.2 Å². The maximum absolute atomic E-state index is 11.4. The van der Waals surface area contributed by atoms with E-state index in [9.17, 15) is 4.21 Å². The third kappa shape index (κ3) is 3.41. The number of benzene rings is 1. The second-order valence-corrected chi connectivity index (χ2v) is 9.22. The van der Waals surface area contributed by atoms with E-state index >= 15 is 0 Å². The molecule has 0 atom stereocenters. The van der Waals surface area contributed by atoms with Gasteiger partial charge in [-0.1, -0.05) is 32.9 Å². The van der Waals surface area contributed by atoms with E-state index in [4.69, 9.17) is 4.98 Å². The van der Waals surface area contributed by atoms with E-state index in [1.165, 1.54) is 10.7 Å². The molecule has 1 fully saturated rings. The van der Waals surface area contributed by atoms with E-state index in [0.717, 1.165) is 35.9 Å². The van der Waals surface area contributed by atoms with Gasteiger partial charge in [-0.05, 0) is 12.1 Å². The average Bonchev–Trinajstić information content (AvgIpc) is 2.98. The van der Waals surface area contributed by atoms with Crippen LogP contribution in [0, 0.1) is 0 Å². The summed E-state index contributed by atoms with van der Waals surface area (Å²) in [5.74, 6) is 1.56. The standard InChI is InChI=1S/C17H22N2OS2/c1-17(2,3)16-18-15(12-21-16)13-4-6-14(7-5-13)19-8-10-22(20)11-9-19/h4-7,12H,8-11H2,1-3H3. The van der Waals surface area contributed by atoms with Crippen LogP contribution in [0.25, 0.3) is 11.3 Å².